The van der Waals surface area contributed by atoms with Crippen molar-refractivity contribution in [2.45, 2.75) is 60.1 Å². The van der Waals surface area contributed by atoms with Gasteiger partial charge in [-0.25, -0.2) is 0 Å². The zero-order valence-corrected chi connectivity index (χ0v) is 17.5. The molecule has 1 aromatic carbocycles. The second kappa shape index (κ2) is 8.51. The van der Waals surface area contributed by atoms with Gasteiger partial charge >= 0.3 is 6.36 Å². The Labute approximate surface area is 172 Å². The molecule has 2 heterocycles. The van der Waals surface area contributed by atoms with Crippen molar-refractivity contribution in [2.24, 2.45) is 0 Å². The highest BCUT2D eigenvalue weighted by Crippen LogP contribution is 2.30. The van der Waals surface area contributed by atoms with Gasteiger partial charge in [0.2, 0.25) is 0 Å². The molecule has 6 nitrogen and oxygen atoms in total. The van der Waals surface area contributed by atoms with Crippen LogP contribution in [0.4, 0.5) is 13.2 Å². The SMILES string of the molecule is Cc1noc(C)c1CN(Cc1c(C)noc1C)C(C)c1ccc(OC(F)(F)F)cc1. The normalized spacial score (nSPS) is 13.1. The molecule has 0 saturated carbocycles. The summed E-state index contributed by atoms with van der Waals surface area (Å²) in [4.78, 5) is 2.18. The van der Waals surface area contributed by atoms with Crippen molar-refractivity contribution < 1.29 is 27.0 Å². The van der Waals surface area contributed by atoms with Crippen LogP contribution < -0.4 is 4.74 Å². The first-order valence-corrected chi connectivity index (χ1v) is 9.48. The average molecular weight is 423 g/mol. The maximum atomic E-state index is 12.4. The maximum absolute atomic E-state index is 12.4. The molecule has 0 fully saturated rings. The largest absolute Gasteiger partial charge is 0.573 e. The monoisotopic (exact) mass is 423 g/mol. The van der Waals surface area contributed by atoms with Gasteiger partial charge in [-0.15, -0.1) is 13.2 Å². The molecule has 0 aliphatic heterocycles. The first kappa shape index (κ1) is 21.9. The molecule has 3 aromatic rings. The van der Waals surface area contributed by atoms with E-state index >= 15 is 0 Å². The smallest absolute Gasteiger partial charge is 0.406 e. The molecule has 0 bridgehead atoms. The molecule has 30 heavy (non-hydrogen) atoms. The number of benzene rings is 1. The number of hydrogen-bond donors (Lipinski definition) is 0. The molecule has 0 N–H and O–H groups in total. The second-order valence-electron chi connectivity index (χ2n) is 7.30. The van der Waals surface area contributed by atoms with Gasteiger partial charge in [0.25, 0.3) is 0 Å². The standard InChI is InChI=1S/C21H24F3N3O3/c1-12-19(15(4)29-25-12)10-27(11-20-13(2)26-30-16(20)5)14(3)17-6-8-18(9-7-17)28-21(22,23)24/h6-9,14H,10-11H2,1-5H3. The third kappa shape index (κ3) is 5.02. The van der Waals surface area contributed by atoms with E-state index in [1.807, 2.05) is 34.6 Å². The van der Waals surface area contributed by atoms with Crippen molar-refractivity contribution in [1.82, 2.24) is 15.2 Å². The zero-order valence-electron chi connectivity index (χ0n) is 17.5. The predicted octanol–water partition coefficient (Wildman–Crippen LogP) is 5.56. The van der Waals surface area contributed by atoms with E-state index in [1.165, 1.54) is 12.1 Å². The van der Waals surface area contributed by atoms with Gasteiger partial charge in [-0.2, -0.15) is 0 Å². The molecule has 0 spiro atoms. The first-order valence-electron chi connectivity index (χ1n) is 9.48. The topological polar surface area (TPSA) is 64.5 Å². The average Bonchev–Trinajstić information content (AvgIpc) is 3.16. The summed E-state index contributed by atoms with van der Waals surface area (Å²) in [5, 5.41) is 8.05. The number of aromatic nitrogens is 2. The van der Waals surface area contributed by atoms with E-state index in [0.29, 0.717) is 13.1 Å². The van der Waals surface area contributed by atoms with Crippen molar-refractivity contribution in [3.05, 3.63) is 63.9 Å². The maximum Gasteiger partial charge on any atom is 0.573 e. The number of halogens is 3. The van der Waals surface area contributed by atoms with E-state index in [0.717, 1.165) is 39.6 Å². The predicted molar refractivity (Wildman–Crippen MR) is 103 cm³/mol. The van der Waals surface area contributed by atoms with E-state index in [1.54, 1.807) is 12.1 Å². The first-order chi connectivity index (χ1) is 14.0. The highest BCUT2D eigenvalue weighted by atomic mass is 19.4. The van der Waals surface area contributed by atoms with Crippen molar-refractivity contribution in [1.29, 1.82) is 0 Å². The van der Waals surface area contributed by atoms with Crippen molar-refractivity contribution in [3.63, 3.8) is 0 Å². The van der Waals surface area contributed by atoms with Gasteiger partial charge in [0.1, 0.15) is 17.3 Å². The quantitative estimate of drug-likeness (QED) is 0.496. The Morgan fingerprint density at radius 3 is 1.73 bits per heavy atom. The van der Waals surface area contributed by atoms with E-state index in [9.17, 15) is 13.2 Å². The van der Waals surface area contributed by atoms with Crippen LogP contribution in [0.2, 0.25) is 0 Å². The van der Waals surface area contributed by atoms with Crippen LogP contribution in [0.25, 0.3) is 0 Å². The lowest BCUT2D eigenvalue weighted by Gasteiger charge is -2.29. The van der Waals surface area contributed by atoms with E-state index in [4.69, 9.17) is 9.05 Å². The van der Waals surface area contributed by atoms with Crippen LogP contribution in [0.3, 0.4) is 0 Å². The van der Waals surface area contributed by atoms with Crippen molar-refractivity contribution >= 4 is 0 Å². The summed E-state index contributed by atoms with van der Waals surface area (Å²) < 4.78 is 51.9. The van der Waals surface area contributed by atoms with Gasteiger partial charge in [-0.05, 0) is 52.3 Å². The van der Waals surface area contributed by atoms with Crippen LogP contribution in [-0.4, -0.2) is 21.6 Å². The lowest BCUT2D eigenvalue weighted by atomic mass is 10.0. The Hall–Kier alpha value is -2.81. The van der Waals surface area contributed by atoms with Crippen LogP contribution in [0.15, 0.2) is 33.3 Å². The molecule has 3 rings (SSSR count). The zero-order chi connectivity index (χ0) is 22.1. The molecule has 162 valence electrons. The molecular formula is C21H24F3N3O3. The number of aryl methyl sites for hydroxylation is 4. The van der Waals surface area contributed by atoms with E-state index in [2.05, 4.69) is 20.0 Å². The fourth-order valence-electron chi connectivity index (χ4n) is 3.35. The third-order valence-electron chi connectivity index (χ3n) is 5.23. The van der Waals surface area contributed by atoms with Crippen molar-refractivity contribution in [2.75, 3.05) is 0 Å². The van der Waals surface area contributed by atoms with Crippen LogP contribution in [-0.2, 0) is 13.1 Å². The van der Waals surface area contributed by atoms with Gasteiger partial charge in [-0.3, -0.25) is 4.90 Å². The minimum Gasteiger partial charge on any atom is -0.406 e. The summed E-state index contributed by atoms with van der Waals surface area (Å²) in [5.74, 6) is 1.22. The summed E-state index contributed by atoms with van der Waals surface area (Å²) in [6.07, 6.45) is -4.72. The summed E-state index contributed by atoms with van der Waals surface area (Å²) in [5.41, 5.74) is 4.41. The summed E-state index contributed by atoms with van der Waals surface area (Å²) in [6.45, 7) is 10.6. The number of rotatable bonds is 7. The van der Waals surface area contributed by atoms with Gasteiger partial charge in [0.05, 0.1) is 11.4 Å². The van der Waals surface area contributed by atoms with E-state index in [-0.39, 0.29) is 11.8 Å². The summed E-state index contributed by atoms with van der Waals surface area (Å²) in [7, 11) is 0. The fourth-order valence-corrected chi connectivity index (χ4v) is 3.35. The van der Waals surface area contributed by atoms with Crippen LogP contribution in [0.5, 0.6) is 5.75 Å². The minimum atomic E-state index is -4.72. The number of nitrogens with zero attached hydrogens (tertiary/aromatic N) is 3. The molecule has 2 aromatic heterocycles. The number of hydrogen-bond acceptors (Lipinski definition) is 6. The molecule has 0 radical (unpaired) electrons. The Bertz CT molecular complexity index is 906. The number of ether oxygens (including phenoxy) is 1. The second-order valence-corrected chi connectivity index (χ2v) is 7.30. The van der Waals surface area contributed by atoms with E-state index < -0.39 is 6.36 Å². The molecule has 0 saturated heterocycles. The van der Waals surface area contributed by atoms with Gasteiger partial charge in [-0.1, -0.05) is 22.4 Å². The molecule has 0 amide bonds. The summed E-state index contributed by atoms with van der Waals surface area (Å²) in [6, 6.07) is 5.80. The third-order valence-corrected chi connectivity index (χ3v) is 5.23. The Balaban J connectivity index is 1.88. The van der Waals surface area contributed by atoms with Crippen LogP contribution in [0.1, 0.15) is 52.6 Å². The van der Waals surface area contributed by atoms with Gasteiger partial charge < -0.3 is 13.8 Å². The molecule has 0 aliphatic rings. The Morgan fingerprint density at radius 1 is 0.900 bits per heavy atom. The molecular weight excluding hydrogens is 399 g/mol. The highest BCUT2D eigenvalue weighted by Gasteiger charge is 2.31. The van der Waals surface area contributed by atoms with Gasteiger partial charge in [0.15, 0.2) is 0 Å². The Morgan fingerprint density at radius 2 is 1.37 bits per heavy atom. The molecule has 9 heteroatoms. The number of alkyl halides is 3. The van der Waals surface area contributed by atoms with Crippen molar-refractivity contribution in [3.8, 4) is 5.75 Å². The Kier molecular flexibility index (Phi) is 6.21. The lowest BCUT2D eigenvalue weighted by molar-refractivity contribution is -0.274. The molecule has 1 unspecified atom stereocenters. The summed E-state index contributed by atoms with van der Waals surface area (Å²) >= 11 is 0. The fraction of sp³-hybridized carbons (Fsp3) is 0.429. The van der Waals surface area contributed by atoms with Crippen LogP contribution >= 0.6 is 0 Å². The highest BCUT2D eigenvalue weighted by molar-refractivity contribution is 5.30. The molecule has 1 atom stereocenters. The van der Waals surface area contributed by atoms with Gasteiger partial charge in [0, 0.05) is 30.3 Å². The molecule has 0 aliphatic carbocycles. The van der Waals surface area contributed by atoms with Crippen LogP contribution in [0, 0.1) is 27.7 Å². The lowest BCUT2D eigenvalue weighted by Crippen LogP contribution is -2.27. The minimum absolute atomic E-state index is 0.118.